The number of aryl methyl sites for hydroxylation is 2. The van der Waals surface area contributed by atoms with Gasteiger partial charge in [-0.3, -0.25) is 9.78 Å². The van der Waals surface area contributed by atoms with E-state index in [1.807, 2.05) is 50.6 Å². The number of aromatic hydroxyl groups is 1. The van der Waals surface area contributed by atoms with Crippen LogP contribution in [0.2, 0.25) is 0 Å². The second-order valence-electron chi connectivity index (χ2n) is 6.27. The second kappa shape index (κ2) is 6.40. The molecule has 0 saturated carbocycles. The van der Waals surface area contributed by atoms with Crippen molar-refractivity contribution in [3.05, 3.63) is 66.5 Å². The molecule has 2 aromatic carbocycles. The molecule has 0 atom stereocenters. The van der Waals surface area contributed by atoms with Crippen molar-refractivity contribution in [2.24, 2.45) is 7.05 Å². The van der Waals surface area contributed by atoms with Crippen LogP contribution >= 0.6 is 0 Å². The highest BCUT2D eigenvalue weighted by Gasteiger charge is 2.08. The van der Waals surface area contributed by atoms with Crippen LogP contribution in [0.4, 0.5) is 11.5 Å². The SMILES string of the molecule is Cc1cc(O)ccc1Nc1cc(-c2cccc(-c3cnn(C)c3)c2)[nH]n1. The molecule has 0 aliphatic heterocycles. The number of phenols is 1. The topological polar surface area (TPSA) is 78.8 Å². The van der Waals surface area contributed by atoms with Gasteiger partial charge >= 0.3 is 0 Å². The number of anilines is 2. The van der Waals surface area contributed by atoms with Crippen molar-refractivity contribution in [3.63, 3.8) is 0 Å². The highest BCUT2D eigenvalue weighted by Crippen LogP contribution is 2.28. The van der Waals surface area contributed by atoms with Gasteiger partial charge in [0.05, 0.1) is 11.9 Å². The molecule has 4 aromatic rings. The largest absolute Gasteiger partial charge is 0.508 e. The van der Waals surface area contributed by atoms with E-state index in [9.17, 15) is 5.11 Å². The Labute approximate surface area is 151 Å². The van der Waals surface area contributed by atoms with Gasteiger partial charge in [-0.15, -0.1) is 0 Å². The van der Waals surface area contributed by atoms with Gasteiger partial charge in [0.2, 0.25) is 0 Å². The first-order valence-electron chi connectivity index (χ1n) is 8.30. The number of hydrogen-bond donors (Lipinski definition) is 3. The lowest BCUT2D eigenvalue weighted by Gasteiger charge is -2.06. The average Bonchev–Trinajstić information content (AvgIpc) is 3.27. The smallest absolute Gasteiger partial charge is 0.152 e. The maximum absolute atomic E-state index is 9.52. The molecule has 2 aromatic heterocycles. The van der Waals surface area contributed by atoms with Crippen LogP contribution in [-0.2, 0) is 7.05 Å². The number of nitrogens with one attached hydrogen (secondary N) is 2. The number of aromatic nitrogens is 4. The van der Waals surface area contributed by atoms with Crippen LogP contribution in [0, 0.1) is 6.92 Å². The molecule has 0 fully saturated rings. The Balaban J connectivity index is 1.60. The Hall–Kier alpha value is -3.54. The highest BCUT2D eigenvalue weighted by molar-refractivity contribution is 5.73. The molecule has 130 valence electrons. The van der Waals surface area contributed by atoms with Gasteiger partial charge in [-0.05, 0) is 42.3 Å². The summed E-state index contributed by atoms with van der Waals surface area (Å²) >= 11 is 0. The summed E-state index contributed by atoms with van der Waals surface area (Å²) in [4.78, 5) is 0. The molecule has 0 aliphatic rings. The van der Waals surface area contributed by atoms with Gasteiger partial charge in [0.15, 0.2) is 5.82 Å². The third-order valence-corrected chi connectivity index (χ3v) is 4.26. The molecule has 0 saturated heterocycles. The fourth-order valence-corrected chi connectivity index (χ4v) is 2.90. The van der Waals surface area contributed by atoms with Gasteiger partial charge in [-0.1, -0.05) is 18.2 Å². The van der Waals surface area contributed by atoms with Crippen LogP contribution in [0.15, 0.2) is 60.9 Å². The van der Waals surface area contributed by atoms with E-state index in [0.717, 1.165) is 39.5 Å². The zero-order chi connectivity index (χ0) is 18.1. The molecule has 6 nitrogen and oxygen atoms in total. The van der Waals surface area contributed by atoms with E-state index in [4.69, 9.17) is 0 Å². The first-order valence-corrected chi connectivity index (χ1v) is 8.30. The lowest BCUT2D eigenvalue weighted by Crippen LogP contribution is -1.92. The van der Waals surface area contributed by atoms with E-state index in [1.54, 1.807) is 16.8 Å². The number of aromatic amines is 1. The molecule has 0 bridgehead atoms. The van der Waals surface area contributed by atoms with Crippen LogP contribution in [-0.4, -0.2) is 25.1 Å². The predicted octanol–water partition coefficient (Wildman–Crippen LogP) is 4.23. The summed E-state index contributed by atoms with van der Waals surface area (Å²) in [6.45, 7) is 1.94. The van der Waals surface area contributed by atoms with Gasteiger partial charge in [-0.2, -0.15) is 10.2 Å². The molecule has 0 aliphatic carbocycles. The van der Waals surface area contributed by atoms with E-state index in [2.05, 4.69) is 32.7 Å². The van der Waals surface area contributed by atoms with Crippen molar-refractivity contribution in [3.8, 4) is 28.1 Å². The van der Waals surface area contributed by atoms with E-state index in [-0.39, 0.29) is 5.75 Å². The fraction of sp³-hybridized carbons (Fsp3) is 0.100. The van der Waals surface area contributed by atoms with Crippen LogP contribution in [0.5, 0.6) is 5.75 Å². The first kappa shape index (κ1) is 16.0. The summed E-state index contributed by atoms with van der Waals surface area (Å²) in [5.41, 5.74) is 6.02. The number of phenolic OH excluding ortho intramolecular Hbond substituents is 1. The quantitative estimate of drug-likeness (QED) is 0.484. The Kier molecular flexibility index (Phi) is 3.93. The molecule has 0 radical (unpaired) electrons. The summed E-state index contributed by atoms with van der Waals surface area (Å²) in [5, 5.41) is 24.4. The third-order valence-electron chi connectivity index (χ3n) is 4.26. The van der Waals surface area contributed by atoms with Crippen LogP contribution < -0.4 is 5.32 Å². The maximum atomic E-state index is 9.52. The summed E-state index contributed by atoms with van der Waals surface area (Å²) < 4.78 is 1.79. The van der Waals surface area contributed by atoms with Crippen molar-refractivity contribution in [2.75, 3.05) is 5.32 Å². The minimum absolute atomic E-state index is 0.253. The molecule has 4 rings (SSSR count). The third kappa shape index (κ3) is 3.17. The summed E-state index contributed by atoms with van der Waals surface area (Å²) in [6.07, 6.45) is 3.85. The van der Waals surface area contributed by atoms with Gasteiger partial charge in [0, 0.05) is 36.1 Å². The van der Waals surface area contributed by atoms with E-state index in [0.29, 0.717) is 0 Å². The standard InChI is InChI=1S/C20H19N5O/c1-13-8-17(26)6-7-18(13)22-20-10-19(23-24-20)15-5-3-4-14(9-15)16-11-21-25(2)12-16/h3-12,26H,1-2H3,(H2,22,23,24). The number of hydrogen-bond acceptors (Lipinski definition) is 4. The maximum Gasteiger partial charge on any atom is 0.152 e. The number of nitrogens with zero attached hydrogens (tertiary/aromatic N) is 3. The van der Waals surface area contributed by atoms with Crippen molar-refractivity contribution in [1.82, 2.24) is 20.0 Å². The molecule has 0 amide bonds. The Morgan fingerprint density at radius 1 is 1.04 bits per heavy atom. The Morgan fingerprint density at radius 3 is 2.65 bits per heavy atom. The molecule has 0 unspecified atom stereocenters. The monoisotopic (exact) mass is 345 g/mol. The van der Waals surface area contributed by atoms with Crippen molar-refractivity contribution >= 4 is 11.5 Å². The molecule has 26 heavy (non-hydrogen) atoms. The summed E-state index contributed by atoms with van der Waals surface area (Å²) in [7, 11) is 1.91. The highest BCUT2D eigenvalue weighted by atomic mass is 16.3. The minimum atomic E-state index is 0.253. The molecular formula is C20H19N5O. The Morgan fingerprint density at radius 2 is 1.88 bits per heavy atom. The molecule has 0 spiro atoms. The lowest BCUT2D eigenvalue weighted by atomic mass is 10.0. The van der Waals surface area contributed by atoms with E-state index < -0.39 is 0 Å². The normalized spacial score (nSPS) is 10.8. The predicted molar refractivity (Wildman–Crippen MR) is 102 cm³/mol. The fourth-order valence-electron chi connectivity index (χ4n) is 2.90. The van der Waals surface area contributed by atoms with Crippen molar-refractivity contribution in [2.45, 2.75) is 6.92 Å². The number of benzene rings is 2. The molecule has 6 heteroatoms. The molecule has 2 heterocycles. The summed E-state index contributed by atoms with van der Waals surface area (Å²) in [5.74, 6) is 0.976. The zero-order valence-electron chi connectivity index (χ0n) is 14.6. The van der Waals surface area contributed by atoms with Gasteiger partial charge in [0.25, 0.3) is 0 Å². The zero-order valence-corrected chi connectivity index (χ0v) is 14.6. The van der Waals surface area contributed by atoms with Crippen LogP contribution in [0.1, 0.15) is 5.56 Å². The van der Waals surface area contributed by atoms with Gasteiger partial charge in [-0.25, -0.2) is 0 Å². The van der Waals surface area contributed by atoms with Crippen LogP contribution in [0.3, 0.4) is 0 Å². The number of rotatable bonds is 4. The van der Waals surface area contributed by atoms with E-state index >= 15 is 0 Å². The second-order valence-corrected chi connectivity index (χ2v) is 6.27. The lowest BCUT2D eigenvalue weighted by molar-refractivity contribution is 0.475. The Bertz CT molecular complexity index is 1060. The summed E-state index contributed by atoms with van der Waals surface area (Å²) in [6, 6.07) is 15.4. The van der Waals surface area contributed by atoms with Gasteiger partial charge in [0.1, 0.15) is 5.75 Å². The minimum Gasteiger partial charge on any atom is -0.508 e. The van der Waals surface area contributed by atoms with Crippen LogP contribution in [0.25, 0.3) is 22.4 Å². The van der Waals surface area contributed by atoms with Gasteiger partial charge < -0.3 is 10.4 Å². The first-order chi connectivity index (χ1) is 12.6. The molecule has 3 N–H and O–H groups in total. The van der Waals surface area contributed by atoms with E-state index in [1.165, 1.54) is 0 Å². The molecular weight excluding hydrogens is 326 g/mol. The average molecular weight is 345 g/mol. The number of H-pyrrole nitrogens is 1. The van der Waals surface area contributed by atoms with Crippen molar-refractivity contribution < 1.29 is 5.11 Å². The van der Waals surface area contributed by atoms with Crippen molar-refractivity contribution in [1.29, 1.82) is 0 Å².